The average Bonchev–Trinajstić information content (AvgIpc) is 3.09. The molecule has 0 aliphatic rings. The molecular weight excluding hydrogens is 330 g/mol. The molecule has 0 unspecified atom stereocenters. The number of ether oxygens (including phenoxy) is 1. The second kappa shape index (κ2) is 7.78. The van der Waals surface area contributed by atoms with E-state index in [4.69, 9.17) is 4.74 Å². The van der Waals surface area contributed by atoms with Gasteiger partial charge in [0, 0.05) is 34.6 Å². The Morgan fingerprint density at radius 1 is 0.923 bits per heavy atom. The van der Waals surface area contributed by atoms with Gasteiger partial charge >= 0.3 is 5.97 Å². The van der Waals surface area contributed by atoms with Crippen molar-refractivity contribution < 1.29 is 19.1 Å². The minimum Gasteiger partial charge on any atom is -0.457 e. The molecule has 0 amide bonds. The van der Waals surface area contributed by atoms with Crippen molar-refractivity contribution in [1.29, 1.82) is 0 Å². The van der Waals surface area contributed by atoms with E-state index in [1.54, 1.807) is 18.3 Å². The second-order valence-corrected chi connectivity index (χ2v) is 6.12. The monoisotopic (exact) mass is 349 g/mol. The maximum Gasteiger partial charge on any atom is 0.306 e. The van der Waals surface area contributed by atoms with E-state index in [-0.39, 0.29) is 31.0 Å². The summed E-state index contributed by atoms with van der Waals surface area (Å²) in [4.78, 5) is 39.2. The van der Waals surface area contributed by atoms with E-state index in [2.05, 4.69) is 4.98 Å². The maximum atomic E-state index is 12.3. The summed E-state index contributed by atoms with van der Waals surface area (Å²) in [5.74, 6) is -0.954. The van der Waals surface area contributed by atoms with Crippen LogP contribution in [0, 0.1) is 6.92 Å². The van der Waals surface area contributed by atoms with Gasteiger partial charge in [0.25, 0.3) is 0 Å². The number of ketones is 2. The Morgan fingerprint density at radius 2 is 1.65 bits per heavy atom. The molecule has 0 saturated heterocycles. The number of benzene rings is 2. The minimum atomic E-state index is -0.557. The lowest BCUT2D eigenvalue weighted by molar-refractivity contribution is -0.142. The molecule has 0 aliphatic heterocycles. The summed E-state index contributed by atoms with van der Waals surface area (Å²) < 4.78 is 5.03. The van der Waals surface area contributed by atoms with Gasteiger partial charge in [0.05, 0.1) is 6.42 Å². The van der Waals surface area contributed by atoms with Gasteiger partial charge in [0.2, 0.25) is 5.78 Å². The number of hydrogen-bond acceptors (Lipinski definition) is 4. The summed E-state index contributed by atoms with van der Waals surface area (Å²) in [6, 6.07) is 14.6. The summed E-state index contributed by atoms with van der Waals surface area (Å²) in [5, 5.41) is 0.795. The number of nitrogens with one attached hydrogen (secondary N) is 1. The second-order valence-electron chi connectivity index (χ2n) is 6.12. The SMILES string of the molecule is Cc1ccc(C(=O)CCC(=O)OCC(=O)c2c[nH]c3ccccc23)cc1. The van der Waals surface area contributed by atoms with Crippen molar-refractivity contribution >= 4 is 28.4 Å². The Bertz CT molecular complexity index is 954. The van der Waals surface area contributed by atoms with Crippen LogP contribution in [0.5, 0.6) is 0 Å². The molecule has 2 aromatic carbocycles. The zero-order valence-corrected chi connectivity index (χ0v) is 14.5. The number of para-hydroxylation sites is 1. The van der Waals surface area contributed by atoms with Gasteiger partial charge in [-0.2, -0.15) is 0 Å². The van der Waals surface area contributed by atoms with E-state index in [1.165, 1.54) is 0 Å². The molecule has 0 aliphatic carbocycles. The van der Waals surface area contributed by atoms with Crippen LogP contribution < -0.4 is 0 Å². The highest BCUT2D eigenvalue weighted by molar-refractivity contribution is 6.08. The summed E-state index contributed by atoms with van der Waals surface area (Å²) in [5.41, 5.74) is 2.98. The number of hydrogen-bond donors (Lipinski definition) is 1. The van der Waals surface area contributed by atoms with Crippen LogP contribution in [-0.4, -0.2) is 29.1 Å². The zero-order valence-electron chi connectivity index (χ0n) is 14.5. The van der Waals surface area contributed by atoms with Crippen molar-refractivity contribution in [3.8, 4) is 0 Å². The molecular formula is C21H19NO4. The normalized spacial score (nSPS) is 10.7. The van der Waals surface area contributed by atoms with Crippen molar-refractivity contribution in [1.82, 2.24) is 4.98 Å². The number of aromatic amines is 1. The first-order chi connectivity index (χ1) is 12.5. The highest BCUT2D eigenvalue weighted by Crippen LogP contribution is 2.18. The molecule has 1 heterocycles. The first-order valence-corrected chi connectivity index (χ1v) is 8.39. The van der Waals surface area contributed by atoms with Gasteiger partial charge in [-0.1, -0.05) is 48.0 Å². The van der Waals surface area contributed by atoms with Gasteiger partial charge in [0.1, 0.15) is 0 Å². The van der Waals surface area contributed by atoms with Crippen molar-refractivity contribution in [2.75, 3.05) is 6.61 Å². The number of rotatable bonds is 7. The van der Waals surface area contributed by atoms with Crippen LogP contribution in [0.4, 0.5) is 0 Å². The Morgan fingerprint density at radius 3 is 2.42 bits per heavy atom. The molecule has 0 atom stereocenters. The number of fused-ring (bicyclic) bond motifs is 1. The third kappa shape index (κ3) is 4.06. The molecule has 5 heteroatoms. The van der Waals surface area contributed by atoms with Crippen molar-refractivity contribution in [2.24, 2.45) is 0 Å². The Kier molecular flexibility index (Phi) is 5.27. The molecule has 0 fully saturated rings. The van der Waals surface area contributed by atoms with E-state index in [9.17, 15) is 14.4 Å². The first kappa shape index (κ1) is 17.6. The van der Waals surface area contributed by atoms with Gasteiger partial charge < -0.3 is 9.72 Å². The Hall–Kier alpha value is -3.21. The predicted molar refractivity (Wildman–Crippen MR) is 98.3 cm³/mol. The number of aryl methyl sites for hydroxylation is 1. The fourth-order valence-corrected chi connectivity index (χ4v) is 2.70. The fourth-order valence-electron chi connectivity index (χ4n) is 2.70. The van der Waals surface area contributed by atoms with Crippen molar-refractivity contribution in [2.45, 2.75) is 19.8 Å². The van der Waals surface area contributed by atoms with Crippen molar-refractivity contribution in [3.63, 3.8) is 0 Å². The number of Topliss-reactive ketones (excluding diaryl/α,β-unsaturated/α-hetero) is 2. The molecule has 26 heavy (non-hydrogen) atoms. The minimum absolute atomic E-state index is 0.0477. The highest BCUT2D eigenvalue weighted by atomic mass is 16.5. The summed E-state index contributed by atoms with van der Waals surface area (Å²) in [6.45, 7) is 1.61. The lowest BCUT2D eigenvalue weighted by Crippen LogP contribution is -2.15. The standard InChI is InChI=1S/C21H19NO4/c1-14-6-8-15(9-7-14)19(23)10-11-21(25)26-13-20(24)17-12-22-18-5-3-2-4-16(17)18/h2-9,12,22H,10-11,13H2,1H3. The average molecular weight is 349 g/mol. The molecule has 0 bridgehead atoms. The van der Waals surface area contributed by atoms with Crippen LogP contribution >= 0.6 is 0 Å². The van der Waals surface area contributed by atoms with E-state index >= 15 is 0 Å². The number of esters is 1. The number of H-pyrrole nitrogens is 1. The first-order valence-electron chi connectivity index (χ1n) is 8.39. The van der Waals surface area contributed by atoms with Crippen LogP contribution in [0.1, 0.15) is 39.1 Å². The molecule has 0 spiro atoms. The topological polar surface area (TPSA) is 76.2 Å². The molecule has 5 nitrogen and oxygen atoms in total. The van der Waals surface area contributed by atoms with Gasteiger partial charge in [-0.05, 0) is 13.0 Å². The predicted octanol–water partition coefficient (Wildman–Crippen LogP) is 3.87. The lowest BCUT2D eigenvalue weighted by atomic mass is 10.1. The van der Waals surface area contributed by atoms with Gasteiger partial charge in [-0.25, -0.2) is 0 Å². The number of aromatic nitrogens is 1. The molecule has 0 saturated carbocycles. The molecule has 132 valence electrons. The Labute approximate surface area is 151 Å². The van der Waals surface area contributed by atoms with E-state index in [0.717, 1.165) is 16.5 Å². The third-order valence-electron chi connectivity index (χ3n) is 4.18. The number of carbonyl (C=O) groups excluding carboxylic acids is 3. The molecule has 1 aromatic heterocycles. The quantitative estimate of drug-likeness (QED) is 0.519. The zero-order chi connectivity index (χ0) is 18.5. The smallest absolute Gasteiger partial charge is 0.306 e. The summed E-state index contributed by atoms with van der Waals surface area (Å²) in [6.07, 6.45) is 1.62. The lowest BCUT2D eigenvalue weighted by Gasteiger charge is -2.04. The maximum absolute atomic E-state index is 12.3. The van der Waals surface area contributed by atoms with Crippen molar-refractivity contribution in [3.05, 3.63) is 71.4 Å². The van der Waals surface area contributed by atoms with Gasteiger partial charge in [-0.15, -0.1) is 0 Å². The van der Waals surface area contributed by atoms with Crippen LogP contribution in [0.15, 0.2) is 54.7 Å². The third-order valence-corrected chi connectivity index (χ3v) is 4.18. The van der Waals surface area contributed by atoms with E-state index in [1.807, 2.05) is 43.3 Å². The largest absolute Gasteiger partial charge is 0.457 e. The van der Waals surface area contributed by atoms with Crippen LogP contribution in [0.3, 0.4) is 0 Å². The van der Waals surface area contributed by atoms with E-state index in [0.29, 0.717) is 11.1 Å². The van der Waals surface area contributed by atoms with E-state index < -0.39 is 5.97 Å². The molecule has 1 N–H and O–H groups in total. The Balaban J connectivity index is 1.50. The van der Waals surface area contributed by atoms with Crippen LogP contribution in [0.2, 0.25) is 0 Å². The molecule has 0 radical (unpaired) electrons. The molecule has 3 aromatic rings. The van der Waals surface area contributed by atoms with Gasteiger partial charge in [0.15, 0.2) is 12.4 Å². The highest BCUT2D eigenvalue weighted by Gasteiger charge is 2.15. The fraction of sp³-hybridized carbons (Fsp3) is 0.190. The van der Waals surface area contributed by atoms with Crippen LogP contribution in [0.25, 0.3) is 10.9 Å². The molecule has 3 rings (SSSR count). The van der Waals surface area contributed by atoms with Crippen LogP contribution in [-0.2, 0) is 9.53 Å². The van der Waals surface area contributed by atoms with Gasteiger partial charge in [-0.3, -0.25) is 14.4 Å². The summed E-state index contributed by atoms with van der Waals surface area (Å²) >= 11 is 0. The summed E-state index contributed by atoms with van der Waals surface area (Å²) in [7, 11) is 0. The number of carbonyl (C=O) groups is 3.